The fraction of sp³-hybridized carbons (Fsp3) is 0.875. The average Bonchev–Trinajstić information content (AvgIpc) is 3.08. The highest BCUT2D eigenvalue weighted by Gasteiger charge is 2.27. The van der Waals surface area contributed by atoms with E-state index in [1.807, 2.05) is 35.0 Å². The van der Waals surface area contributed by atoms with Gasteiger partial charge in [-0.3, -0.25) is 9.05 Å². The molecule has 0 amide bonds. The van der Waals surface area contributed by atoms with Gasteiger partial charge in [0.2, 0.25) is 0 Å². The lowest BCUT2D eigenvalue weighted by Gasteiger charge is -2.24. The van der Waals surface area contributed by atoms with Crippen LogP contribution in [-0.4, -0.2) is 74.9 Å². The highest BCUT2D eigenvalue weighted by atomic mass is 31.2. The molecule has 1 N–H and O–H groups in total. The fourth-order valence-electron chi connectivity index (χ4n) is 7.14. The summed E-state index contributed by atoms with van der Waals surface area (Å²) in [6.07, 6.45) is 23.1. The van der Waals surface area contributed by atoms with Crippen molar-refractivity contribution in [3.63, 3.8) is 0 Å². The van der Waals surface area contributed by atoms with Gasteiger partial charge >= 0.3 is 19.8 Å². The van der Waals surface area contributed by atoms with E-state index in [4.69, 9.17) is 18.5 Å². The quantitative estimate of drug-likeness (QED) is 0.0287. The van der Waals surface area contributed by atoms with Crippen LogP contribution in [-0.2, 0) is 32.7 Å². The van der Waals surface area contributed by atoms with Gasteiger partial charge in [0.15, 0.2) is 6.10 Å². The summed E-state index contributed by atoms with van der Waals surface area (Å²) >= 11 is 0. The van der Waals surface area contributed by atoms with E-state index in [-0.39, 0.29) is 13.2 Å². The van der Waals surface area contributed by atoms with E-state index in [0.29, 0.717) is 22.9 Å². The van der Waals surface area contributed by atoms with Crippen molar-refractivity contribution in [1.82, 2.24) is 0 Å². The molecule has 0 radical (unpaired) electrons. The normalized spacial score (nSPS) is 16.6. The summed E-state index contributed by atoms with van der Waals surface area (Å²) in [5.41, 5.74) is 1.81. The van der Waals surface area contributed by atoms with Gasteiger partial charge in [0, 0.05) is 12.2 Å². The number of phosphoric ester groups is 1. The molecular formula is C48H93NO8P+. The predicted octanol–water partition coefficient (Wildman–Crippen LogP) is 13.1. The molecule has 6 atom stereocenters. The number of esters is 2. The minimum Gasteiger partial charge on any atom is -0.458 e. The van der Waals surface area contributed by atoms with E-state index < -0.39 is 32.5 Å². The third-order valence-corrected chi connectivity index (χ3v) is 12.1. The van der Waals surface area contributed by atoms with E-state index in [1.54, 1.807) is 0 Å². The summed E-state index contributed by atoms with van der Waals surface area (Å²) in [5.74, 6) is 3.26. The highest BCUT2D eigenvalue weighted by Crippen LogP contribution is 2.43. The summed E-state index contributed by atoms with van der Waals surface area (Å²) in [6, 6.07) is 0. The van der Waals surface area contributed by atoms with E-state index in [2.05, 4.69) is 55.4 Å². The van der Waals surface area contributed by atoms with Crippen molar-refractivity contribution in [2.75, 3.05) is 47.5 Å². The van der Waals surface area contributed by atoms with Gasteiger partial charge in [0.05, 0.1) is 27.7 Å². The maximum atomic E-state index is 13.0. The topological polar surface area (TPSA) is 108 Å². The molecule has 0 heterocycles. The Morgan fingerprint density at radius 3 is 1.34 bits per heavy atom. The number of carbonyl (C=O) groups is 2. The fourth-order valence-corrected chi connectivity index (χ4v) is 7.88. The number of ether oxygens (including phenoxy) is 2. The van der Waals surface area contributed by atoms with Crippen molar-refractivity contribution < 1.29 is 42.1 Å². The molecule has 10 heteroatoms. The minimum absolute atomic E-state index is 0.00938. The number of carbonyl (C=O) groups excluding carboxylic acids is 2. The SMILES string of the molecule is C/C(=C\C(=O)OC[C@@H](COP(=O)(O)OCC[N+](C)(C)C)OC(=O)/C=C(\C)CCC[C@H](C)CCC[C@H](C)CCCC(C)C)CCC[C@H](C)CCC[C@H](C)CCCC(C)C. The van der Waals surface area contributed by atoms with Crippen LogP contribution >= 0.6 is 7.82 Å². The second-order valence-electron chi connectivity index (χ2n) is 20.0. The van der Waals surface area contributed by atoms with Gasteiger partial charge in [0.1, 0.15) is 19.8 Å². The van der Waals surface area contributed by atoms with Crippen molar-refractivity contribution in [1.29, 1.82) is 0 Å². The van der Waals surface area contributed by atoms with Crippen LogP contribution < -0.4 is 0 Å². The number of likely N-dealkylation sites (N-methyl/N-ethyl adjacent to an activating group) is 1. The second kappa shape index (κ2) is 32.2. The number of quaternary nitrogens is 1. The molecule has 0 rings (SSSR count). The number of nitrogens with zero attached hydrogens (tertiary/aromatic N) is 1. The van der Waals surface area contributed by atoms with Crippen LogP contribution in [0, 0.1) is 35.5 Å². The first kappa shape index (κ1) is 56.5. The van der Waals surface area contributed by atoms with Gasteiger partial charge < -0.3 is 18.9 Å². The molecule has 9 nitrogen and oxygen atoms in total. The first-order valence-corrected chi connectivity index (χ1v) is 24.7. The largest absolute Gasteiger partial charge is 0.472 e. The van der Waals surface area contributed by atoms with Gasteiger partial charge in [-0.15, -0.1) is 0 Å². The van der Waals surface area contributed by atoms with Crippen LogP contribution in [0.1, 0.15) is 185 Å². The highest BCUT2D eigenvalue weighted by molar-refractivity contribution is 7.47. The Labute approximate surface area is 358 Å². The molecular weight excluding hydrogens is 750 g/mol. The molecule has 0 aliphatic heterocycles. The van der Waals surface area contributed by atoms with Crippen molar-refractivity contribution >= 4 is 19.8 Å². The van der Waals surface area contributed by atoms with Crippen LogP contribution in [0.25, 0.3) is 0 Å². The number of phosphoric acid groups is 1. The van der Waals surface area contributed by atoms with Crippen molar-refractivity contribution in [2.24, 2.45) is 35.5 Å². The Morgan fingerprint density at radius 1 is 0.569 bits per heavy atom. The van der Waals surface area contributed by atoms with Crippen LogP contribution in [0.5, 0.6) is 0 Å². The molecule has 0 aromatic carbocycles. The molecule has 0 saturated heterocycles. The van der Waals surface area contributed by atoms with Crippen LogP contribution in [0.2, 0.25) is 0 Å². The monoisotopic (exact) mass is 843 g/mol. The second-order valence-corrected chi connectivity index (χ2v) is 21.5. The zero-order valence-corrected chi connectivity index (χ0v) is 40.8. The lowest BCUT2D eigenvalue weighted by atomic mass is 9.91. The molecule has 0 aliphatic carbocycles. The van der Waals surface area contributed by atoms with Gasteiger partial charge in [-0.1, -0.05) is 156 Å². The molecule has 0 aromatic heterocycles. The zero-order chi connectivity index (χ0) is 44.1. The van der Waals surface area contributed by atoms with Crippen LogP contribution in [0.4, 0.5) is 0 Å². The Bertz CT molecular complexity index is 1190. The Morgan fingerprint density at radius 2 is 0.948 bits per heavy atom. The lowest BCUT2D eigenvalue weighted by molar-refractivity contribution is -0.870. The van der Waals surface area contributed by atoms with E-state index >= 15 is 0 Å². The summed E-state index contributed by atoms with van der Waals surface area (Å²) in [5, 5.41) is 0. The van der Waals surface area contributed by atoms with Crippen LogP contribution in [0.15, 0.2) is 23.3 Å². The lowest BCUT2D eigenvalue weighted by Crippen LogP contribution is -2.37. The molecule has 0 aromatic rings. The molecule has 58 heavy (non-hydrogen) atoms. The molecule has 342 valence electrons. The smallest absolute Gasteiger partial charge is 0.458 e. The van der Waals surface area contributed by atoms with Gasteiger partial charge in [0.25, 0.3) is 0 Å². The maximum Gasteiger partial charge on any atom is 0.472 e. The number of allylic oxidation sites excluding steroid dienone is 2. The van der Waals surface area contributed by atoms with Crippen molar-refractivity contribution in [2.45, 2.75) is 191 Å². The predicted molar refractivity (Wildman–Crippen MR) is 242 cm³/mol. The van der Waals surface area contributed by atoms with E-state index in [0.717, 1.165) is 73.3 Å². The summed E-state index contributed by atoms with van der Waals surface area (Å²) in [6.45, 7) is 22.1. The molecule has 0 spiro atoms. The van der Waals surface area contributed by atoms with E-state index in [1.165, 1.54) is 89.2 Å². The first-order chi connectivity index (χ1) is 27.1. The Kier molecular flexibility index (Phi) is 31.4. The van der Waals surface area contributed by atoms with E-state index in [9.17, 15) is 19.0 Å². The maximum absolute atomic E-state index is 13.0. The minimum atomic E-state index is -4.43. The molecule has 0 aliphatic rings. The number of hydrogen-bond acceptors (Lipinski definition) is 7. The number of rotatable bonds is 36. The number of hydrogen-bond donors (Lipinski definition) is 1. The standard InChI is InChI=1S/C48H92NO8P/c1-38(2)20-14-22-40(5)24-16-26-42(7)28-18-30-44(9)34-47(50)54-36-46(37-56-58(52,53)55-33-32-49(11,12)13)57-48(51)35-45(10)31-19-29-43(8)27-17-25-41(6)23-15-21-39(3)4/h34-35,38-43,46H,14-33,36-37H2,1-13H3/p+1/b44-34+,45-35+/t40-,41-,42-,43-,46+/m1/s1. The third-order valence-electron chi connectivity index (χ3n) is 11.1. The Balaban J connectivity index is 5.00. The zero-order valence-electron chi connectivity index (χ0n) is 40.0. The third kappa shape index (κ3) is 36.4. The molecule has 0 fully saturated rings. The summed E-state index contributed by atoms with van der Waals surface area (Å²) < 4.78 is 34.6. The molecule has 1 unspecified atom stereocenters. The average molecular weight is 843 g/mol. The van der Waals surface area contributed by atoms with Gasteiger partial charge in [-0.05, 0) is 75.0 Å². The van der Waals surface area contributed by atoms with Gasteiger partial charge in [-0.25, -0.2) is 14.2 Å². The Hall–Kier alpha value is -1.51. The van der Waals surface area contributed by atoms with Crippen molar-refractivity contribution in [3.8, 4) is 0 Å². The summed E-state index contributed by atoms with van der Waals surface area (Å²) in [7, 11) is 1.40. The van der Waals surface area contributed by atoms with Crippen LogP contribution in [0.3, 0.4) is 0 Å². The summed E-state index contributed by atoms with van der Waals surface area (Å²) in [4.78, 5) is 36.0. The molecule has 0 saturated carbocycles. The first-order valence-electron chi connectivity index (χ1n) is 23.2. The van der Waals surface area contributed by atoms with Gasteiger partial charge in [-0.2, -0.15) is 0 Å². The molecule has 0 bridgehead atoms. The van der Waals surface area contributed by atoms with Crippen molar-refractivity contribution in [3.05, 3.63) is 23.3 Å².